The van der Waals surface area contributed by atoms with Crippen LogP contribution in [-0.2, 0) is 6.42 Å². The summed E-state index contributed by atoms with van der Waals surface area (Å²) in [4.78, 5) is 12.0. The van der Waals surface area contributed by atoms with Crippen molar-refractivity contribution in [3.8, 4) is 5.75 Å². The first-order chi connectivity index (χ1) is 10.1. The molecule has 3 nitrogen and oxygen atoms in total. The SMILES string of the molecule is O=C(NC(CCl)Cc1ccccc1)c1ccc(O)cc1F. The fourth-order valence-corrected chi connectivity index (χ4v) is 2.18. The number of phenols is 1. The molecule has 21 heavy (non-hydrogen) atoms. The summed E-state index contributed by atoms with van der Waals surface area (Å²) in [7, 11) is 0. The van der Waals surface area contributed by atoms with Crippen molar-refractivity contribution in [3.63, 3.8) is 0 Å². The van der Waals surface area contributed by atoms with Gasteiger partial charge in [-0.3, -0.25) is 4.79 Å². The molecule has 1 unspecified atom stereocenters. The molecule has 0 heterocycles. The Morgan fingerprint density at radius 1 is 1.24 bits per heavy atom. The summed E-state index contributed by atoms with van der Waals surface area (Å²) in [6.07, 6.45) is 0.565. The second kappa shape index (κ2) is 7.09. The number of alkyl halides is 1. The van der Waals surface area contributed by atoms with E-state index in [0.29, 0.717) is 6.42 Å². The zero-order valence-corrected chi connectivity index (χ0v) is 12.0. The molecule has 2 N–H and O–H groups in total. The highest BCUT2D eigenvalue weighted by Gasteiger charge is 2.17. The second-order valence-corrected chi connectivity index (χ2v) is 4.99. The average Bonchev–Trinajstić information content (AvgIpc) is 2.47. The van der Waals surface area contributed by atoms with E-state index in [1.54, 1.807) is 0 Å². The van der Waals surface area contributed by atoms with E-state index in [1.807, 2.05) is 30.3 Å². The lowest BCUT2D eigenvalue weighted by Crippen LogP contribution is -2.38. The minimum absolute atomic E-state index is 0.115. The largest absolute Gasteiger partial charge is 0.508 e. The van der Waals surface area contributed by atoms with Gasteiger partial charge in [0.1, 0.15) is 11.6 Å². The van der Waals surface area contributed by atoms with E-state index in [4.69, 9.17) is 16.7 Å². The van der Waals surface area contributed by atoms with Crippen molar-refractivity contribution in [2.24, 2.45) is 0 Å². The number of benzene rings is 2. The van der Waals surface area contributed by atoms with Crippen LogP contribution in [0.4, 0.5) is 4.39 Å². The summed E-state index contributed by atoms with van der Waals surface area (Å²) in [5.74, 6) is -1.31. The molecule has 0 fully saturated rings. The van der Waals surface area contributed by atoms with Crippen molar-refractivity contribution in [2.45, 2.75) is 12.5 Å². The van der Waals surface area contributed by atoms with Crippen LogP contribution in [0.5, 0.6) is 5.75 Å². The first-order valence-electron chi connectivity index (χ1n) is 6.49. The Labute approximate surface area is 127 Å². The van der Waals surface area contributed by atoms with Crippen molar-refractivity contribution in [1.82, 2.24) is 5.32 Å². The summed E-state index contributed by atoms with van der Waals surface area (Å²) in [6, 6.07) is 12.7. The van der Waals surface area contributed by atoms with Gasteiger partial charge in [-0.05, 0) is 24.1 Å². The van der Waals surface area contributed by atoms with Gasteiger partial charge in [0.15, 0.2) is 0 Å². The Morgan fingerprint density at radius 3 is 2.57 bits per heavy atom. The highest BCUT2D eigenvalue weighted by atomic mass is 35.5. The first-order valence-corrected chi connectivity index (χ1v) is 7.03. The van der Waals surface area contributed by atoms with Crippen LogP contribution in [0.1, 0.15) is 15.9 Å². The highest BCUT2D eigenvalue weighted by molar-refractivity contribution is 6.18. The molecule has 2 rings (SSSR count). The summed E-state index contributed by atoms with van der Waals surface area (Å²) < 4.78 is 13.6. The molecule has 5 heteroatoms. The van der Waals surface area contributed by atoms with Crippen LogP contribution in [0.15, 0.2) is 48.5 Å². The summed E-state index contributed by atoms with van der Waals surface area (Å²) >= 11 is 5.87. The maximum Gasteiger partial charge on any atom is 0.254 e. The normalized spacial score (nSPS) is 11.9. The third kappa shape index (κ3) is 4.20. The quantitative estimate of drug-likeness (QED) is 0.834. The molecule has 0 aliphatic heterocycles. The van der Waals surface area contributed by atoms with Gasteiger partial charge in [-0.15, -0.1) is 11.6 Å². The minimum atomic E-state index is -0.763. The monoisotopic (exact) mass is 307 g/mol. The molecule has 110 valence electrons. The van der Waals surface area contributed by atoms with Gasteiger partial charge in [0.2, 0.25) is 0 Å². The Balaban J connectivity index is 2.06. The zero-order valence-electron chi connectivity index (χ0n) is 11.2. The van der Waals surface area contributed by atoms with Gasteiger partial charge in [0, 0.05) is 18.0 Å². The van der Waals surface area contributed by atoms with E-state index in [2.05, 4.69) is 5.32 Å². The van der Waals surface area contributed by atoms with E-state index in [1.165, 1.54) is 12.1 Å². The molecule has 0 aromatic heterocycles. The predicted molar refractivity (Wildman–Crippen MR) is 80.2 cm³/mol. The molecule has 0 aliphatic rings. The number of halogens is 2. The number of rotatable bonds is 5. The number of carbonyl (C=O) groups is 1. The van der Waals surface area contributed by atoms with Gasteiger partial charge in [-0.1, -0.05) is 30.3 Å². The number of hydrogen-bond donors (Lipinski definition) is 2. The molecule has 0 aliphatic carbocycles. The molecule has 0 bridgehead atoms. The maximum absolute atomic E-state index is 13.6. The molecule has 1 amide bonds. The molecule has 0 spiro atoms. The topological polar surface area (TPSA) is 49.3 Å². The van der Waals surface area contributed by atoms with Crippen molar-refractivity contribution >= 4 is 17.5 Å². The van der Waals surface area contributed by atoms with Crippen LogP contribution >= 0.6 is 11.6 Å². The maximum atomic E-state index is 13.6. The minimum Gasteiger partial charge on any atom is -0.508 e. The van der Waals surface area contributed by atoms with Crippen LogP contribution in [0.25, 0.3) is 0 Å². The van der Waals surface area contributed by atoms with Gasteiger partial charge in [0.25, 0.3) is 5.91 Å². The summed E-state index contributed by atoms with van der Waals surface area (Å²) in [6.45, 7) is 0. The van der Waals surface area contributed by atoms with Crippen LogP contribution in [0.2, 0.25) is 0 Å². The lowest BCUT2D eigenvalue weighted by molar-refractivity contribution is 0.0936. The molecular weight excluding hydrogens is 293 g/mol. The Kier molecular flexibility index (Phi) is 5.17. The standard InChI is InChI=1S/C16H15ClFNO2/c17-10-12(8-11-4-2-1-3-5-11)19-16(21)14-7-6-13(20)9-15(14)18/h1-7,9,12,20H,8,10H2,(H,19,21). The zero-order chi connectivity index (χ0) is 15.2. The van der Waals surface area contributed by atoms with Crippen LogP contribution in [0, 0.1) is 5.82 Å². The number of carbonyl (C=O) groups excluding carboxylic acids is 1. The van der Waals surface area contributed by atoms with Crippen LogP contribution in [-0.4, -0.2) is 22.9 Å². The van der Waals surface area contributed by atoms with Crippen molar-refractivity contribution in [1.29, 1.82) is 0 Å². The van der Waals surface area contributed by atoms with Gasteiger partial charge < -0.3 is 10.4 Å². The van der Waals surface area contributed by atoms with Crippen molar-refractivity contribution in [3.05, 3.63) is 65.5 Å². The van der Waals surface area contributed by atoms with Gasteiger partial charge in [0.05, 0.1) is 5.56 Å². The second-order valence-electron chi connectivity index (χ2n) is 4.68. The number of phenolic OH excluding ortho intramolecular Hbond substituents is 1. The Hall–Kier alpha value is -2.07. The van der Waals surface area contributed by atoms with E-state index in [0.717, 1.165) is 11.6 Å². The molecule has 1 atom stereocenters. The van der Waals surface area contributed by atoms with E-state index in [9.17, 15) is 9.18 Å². The Bertz CT molecular complexity index is 619. The van der Waals surface area contributed by atoms with E-state index < -0.39 is 11.7 Å². The third-order valence-electron chi connectivity index (χ3n) is 3.04. The summed E-state index contributed by atoms with van der Waals surface area (Å²) in [5, 5.41) is 11.8. The fourth-order valence-electron chi connectivity index (χ4n) is 1.99. The van der Waals surface area contributed by atoms with E-state index >= 15 is 0 Å². The molecule has 0 saturated heterocycles. The van der Waals surface area contributed by atoms with Crippen molar-refractivity contribution < 1.29 is 14.3 Å². The molecule has 2 aromatic rings. The molecule has 2 aromatic carbocycles. The van der Waals surface area contributed by atoms with Gasteiger partial charge in [-0.25, -0.2) is 4.39 Å². The van der Waals surface area contributed by atoms with Gasteiger partial charge >= 0.3 is 0 Å². The highest BCUT2D eigenvalue weighted by Crippen LogP contribution is 2.15. The number of amides is 1. The number of hydrogen-bond acceptors (Lipinski definition) is 2. The average molecular weight is 308 g/mol. The third-order valence-corrected chi connectivity index (χ3v) is 3.42. The predicted octanol–water partition coefficient (Wildman–Crippen LogP) is 3.11. The lowest BCUT2D eigenvalue weighted by Gasteiger charge is -2.16. The molecular formula is C16H15ClFNO2. The molecule has 0 saturated carbocycles. The lowest BCUT2D eigenvalue weighted by atomic mass is 10.1. The van der Waals surface area contributed by atoms with Gasteiger partial charge in [-0.2, -0.15) is 0 Å². The van der Waals surface area contributed by atoms with Crippen LogP contribution < -0.4 is 5.32 Å². The number of nitrogens with one attached hydrogen (secondary N) is 1. The fraction of sp³-hybridized carbons (Fsp3) is 0.188. The molecule has 0 radical (unpaired) electrons. The smallest absolute Gasteiger partial charge is 0.254 e. The van der Waals surface area contributed by atoms with Crippen molar-refractivity contribution in [2.75, 3.05) is 5.88 Å². The Morgan fingerprint density at radius 2 is 1.95 bits per heavy atom. The first kappa shape index (κ1) is 15.3. The van der Waals surface area contributed by atoms with Crippen LogP contribution in [0.3, 0.4) is 0 Å². The number of aromatic hydroxyl groups is 1. The summed E-state index contributed by atoms with van der Waals surface area (Å²) in [5.41, 5.74) is 0.922. The van der Waals surface area contributed by atoms with E-state index in [-0.39, 0.29) is 23.2 Å².